The monoisotopic (exact) mass is 225 g/mol. The molecule has 0 saturated heterocycles. The van der Waals surface area contributed by atoms with Crippen LogP contribution in [0.5, 0.6) is 0 Å². The summed E-state index contributed by atoms with van der Waals surface area (Å²) in [7, 11) is 1.72. The molecule has 1 rings (SSSR count). The lowest BCUT2D eigenvalue weighted by Crippen LogP contribution is -2.24. The molecule has 0 aliphatic heterocycles. The molecule has 92 valence electrons. The molecule has 1 aromatic heterocycles. The fourth-order valence-corrected chi connectivity index (χ4v) is 1.65. The van der Waals surface area contributed by atoms with Crippen molar-refractivity contribution in [1.82, 2.24) is 15.1 Å². The molecule has 0 radical (unpaired) electrons. The van der Waals surface area contributed by atoms with E-state index in [1.165, 1.54) is 11.4 Å². The molecular weight excluding hydrogens is 202 g/mol. The molecule has 0 atom stereocenters. The topological polar surface area (TPSA) is 39.1 Å². The Bertz CT molecular complexity index is 296. The second-order valence-electron chi connectivity index (χ2n) is 3.80. The van der Waals surface area contributed by atoms with E-state index < -0.39 is 0 Å². The fraction of sp³-hybridized carbons (Fsp3) is 0.750. The van der Waals surface area contributed by atoms with Crippen molar-refractivity contribution in [3.63, 3.8) is 0 Å². The first kappa shape index (κ1) is 13.2. The molecule has 1 N–H and O–H groups in total. The van der Waals surface area contributed by atoms with Crippen LogP contribution in [-0.2, 0) is 24.1 Å². The van der Waals surface area contributed by atoms with Crippen LogP contribution in [0, 0.1) is 0 Å². The van der Waals surface area contributed by atoms with E-state index in [4.69, 9.17) is 4.74 Å². The number of hydrogen-bond donors (Lipinski definition) is 1. The molecule has 0 aliphatic rings. The van der Waals surface area contributed by atoms with Gasteiger partial charge in [0, 0.05) is 25.9 Å². The average Bonchev–Trinajstić information content (AvgIpc) is 2.71. The zero-order valence-electron chi connectivity index (χ0n) is 10.6. The summed E-state index contributed by atoms with van der Waals surface area (Å²) in [6.07, 6.45) is 2.06. The quantitative estimate of drug-likeness (QED) is 0.677. The van der Waals surface area contributed by atoms with E-state index in [0.717, 1.165) is 39.1 Å². The Morgan fingerprint density at radius 1 is 1.31 bits per heavy atom. The third kappa shape index (κ3) is 3.94. The number of nitrogens with one attached hydrogen (secondary N) is 1. The third-order valence-electron chi connectivity index (χ3n) is 2.62. The SMILES string of the molecule is CCc1cc(CC)n(CCNCCOC)n1. The van der Waals surface area contributed by atoms with E-state index in [1.807, 2.05) is 0 Å². The van der Waals surface area contributed by atoms with Crippen LogP contribution < -0.4 is 5.32 Å². The van der Waals surface area contributed by atoms with Gasteiger partial charge >= 0.3 is 0 Å². The molecule has 4 nitrogen and oxygen atoms in total. The van der Waals surface area contributed by atoms with Crippen molar-refractivity contribution in [3.8, 4) is 0 Å². The van der Waals surface area contributed by atoms with Gasteiger partial charge in [0.1, 0.15) is 0 Å². The van der Waals surface area contributed by atoms with Gasteiger partial charge in [-0.05, 0) is 18.9 Å². The van der Waals surface area contributed by atoms with Crippen LogP contribution in [0.15, 0.2) is 6.07 Å². The highest BCUT2D eigenvalue weighted by molar-refractivity contribution is 5.10. The summed E-state index contributed by atoms with van der Waals surface area (Å²) < 4.78 is 7.09. The summed E-state index contributed by atoms with van der Waals surface area (Å²) in [5.41, 5.74) is 2.51. The number of nitrogens with zero attached hydrogens (tertiary/aromatic N) is 2. The zero-order chi connectivity index (χ0) is 11.8. The number of ether oxygens (including phenoxy) is 1. The second-order valence-corrected chi connectivity index (χ2v) is 3.80. The largest absolute Gasteiger partial charge is 0.383 e. The van der Waals surface area contributed by atoms with Crippen molar-refractivity contribution in [3.05, 3.63) is 17.5 Å². The minimum absolute atomic E-state index is 0.764. The van der Waals surface area contributed by atoms with Crippen LogP contribution in [0.25, 0.3) is 0 Å². The molecule has 0 aliphatic carbocycles. The van der Waals surface area contributed by atoms with Gasteiger partial charge in [-0.2, -0.15) is 5.10 Å². The lowest BCUT2D eigenvalue weighted by atomic mass is 10.3. The van der Waals surface area contributed by atoms with Crippen molar-refractivity contribution in [2.45, 2.75) is 33.2 Å². The summed E-state index contributed by atoms with van der Waals surface area (Å²) in [5.74, 6) is 0. The molecule has 0 saturated carbocycles. The minimum atomic E-state index is 0.764. The van der Waals surface area contributed by atoms with Gasteiger partial charge in [0.2, 0.25) is 0 Å². The van der Waals surface area contributed by atoms with Crippen molar-refractivity contribution in [2.24, 2.45) is 0 Å². The first-order valence-electron chi connectivity index (χ1n) is 6.07. The first-order valence-corrected chi connectivity index (χ1v) is 6.07. The van der Waals surface area contributed by atoms with Gasteiger partial charge in [-0.25, -0.2) is 0 Å². The predicted octanol–water partition coefficient (Wildman–Crippen LogP) is 1.24. The summed E-state index contributed by atoms with van der Waals surface area (Å²) in [6.45, 7) is 7.86. The highest BCUT2D eigenvalue weighted by Crippen LogP contribution is 2.05. The van der Waals surface area contributed by atoms with Crippen LogP contribution >= 0.6 is 0 Å². The number of rotatable bonds is 8. The maximum Gasteiger partial charge on any atom is 0.0624 e. The summed E-state index contributed by atoms with van der Waals surface area (Å²) >= 11 is 0. The van der Waals surface area contributed by atoms with Gasteiger partial charge in [-0.3, -0.25) is 4.68 Å². The van der Waals surface area contributed by atoms with Gasteiger partial charge in [-0.1, -0.05) is 13.8 Å². The molecule has 0 fully saturated rings. The summed E-state index contributed by atoms with van der Waals surface area (Å²) in [4.78, 5) is 0. The Hall–Kier alpha value is -0.870. The Morgan fingerprint density at radius 3 is 2.75 bits per heavy atom. The molecule has 1 heterocycles. The van der Waals surface area contributed by atoms with E-state index in [9.17, 15) is 0 Å². The van der Waals surface area contributed by atoms with Crippen molar-refractivity contribution in [2.75, 3.05) is 26.8 Å². The summed E-state index contributed by atoms with van der Waals surface area (Å²) in [6, 6.07) is 2.20. The Morgan fingerprint density at radius 2 is 2.12 bits per heavy atom. The molecule has 16 heavy (non-hydrogen) atoms. The van der Waals surface area contributed by atoms with Crippen LogP contribution in [0.4, 0.5) is 0 Å². The van der Waals surface area contributed by atoms with Crippen LogP contribution in [0.2, 0.25) is 0 Å². The van der Waals surface area contributed by atoms with Gasteiger partial charge in [0.25, 0.3) is 0 Å². The molecule has 4 heteroatoms. The molecule has 0 amide bonds. The molecular formula is C12H23N3O. The minimum Gasteiger partial charge on any atom is -0.383 e. The van der Waals surface area contributed by atoms with Crippen molar-refractivity contribution < 1.29 is 4.74 Å². The lowest BCUT2D eigenvalue weighted by Gasteiger charge is -2.07. The Balaban J connectivity index is 2.37. The van der Waals surface area contributed by atoms with Crippen molar-refractivity contribution >= 4 is 0 Å². The second kappa shape index (κ2) is 7.41. The van der Waals surface area contributed by atoms with E-state index in [-0.39, 0.29) is 0 Å². The van der Waals surface area contributed by atoms with E-state index in [0.29, 0.717) is 0 Å². The lowest BCUT2D eigenvalue weighted by molar-refractivity contribution is 0.199. The molecule has 0 unspecified atom stereocenters. The van der Waals surface area contributed by atoms with Gasteiger partial charge in [0.15, 0.2) is 0 Å². The highest BCUT2D eigenvalue weighted by atomic mass is 16.5. The smallest absolute Gasteiger partial charge is 0.0624 e. The predicted molar refractivity (Wildman–Crippen MR) is 65.7 cm³/mol. The third-order valence-corrected chi connectivity index (χ3v) is 2.62. The number of aryl methyl sites for hydroxylation is 2. The molecule has 0 bridgehead atoms. The molecule has 1 aromatic rings. The highest BCUT2D eigenvalue weighted by Gasteiger charge is 2.04. The van der Waals surface area contributed by atoms with Gasteiger partial charge < -0.3 is 10.1 Å². The Kier molecular flexibility index (Phi) is 6.11. The summed E-state index contributed by atoms with van der Waals surface area (Å²) in [5, 5.41) is 7.89. The standard InChI is InChI=1S/C12H23N3O/c1-4-11-10-12(5-2)15(14-11)8-6-13-7-9-16-3/h10,13H,4-9H2,1-3H3. The maximum absolute atomic E-state index is 4.98. The van der Waals surface area contributed by atoms with Crippen LogP contribution in [0.3, 0.4) is 0 Å². The van der Waals surface area contributed by atoms with Gasteiger partial charge in [0.05, 0.1) is 18.8 Å². The zero-order valence-corrected chi connectivity index (χ0v) is 10.6. The normalized spacial score (nSPS) is 10.9. The van der Waals surface area contributed by atoms with Crippen molar-refractivity contribution in [1.29, 1.82) is 0 Å². The molecule has 0 spiro atoms. The van der Waals surface area contributed by atoms with Crippen LogP contribution in [-0.4, -0.2) is 36.6 Å². The van der Waals surface area contributed by atoms with Crippen LogP contribution in [0.1, 0.15) is 25.2 Å². The first-order chi connectivity index (χ1) is 7.81. The van der Waals surface area contributed by atoms with E-state index >= 15 is 0 Å². The number of aromatic nitrogens is 2. The Labute approximate surface area is 98.0 Å². The maximum atomic E-state index is 4.98. The number of hydrogen-bond acceptors (Lipinski definition) is 3. The fourth-order valence-electron chi connectivity index (χ4n) is 1.65. The number of methoxy groups -OCH3 is 1. The van der Waals surface area contributed by atoms with E-state index in [1.54, 1.807) is 7.11 Å². The molecule has 0 aromatic carbocycles. The average molecular weight is 225 g/mol. The van der Waals surface area contributed by atoms with Gasteiger partial charge in [-0.15, -0.1) is 0 Å². The van der Waals surface area contributed by atoms with E-state index in [2.05, 4.69) is 35.0 Å².